The molecule has 0 aromatic heterocycles. The lowest BCUT2D eigenvalue weighted by molar-refractivity contribution is -0.384. The molecular formula is C35H27N3O7. The molecule has 3 heterocycles. The molecule has 2 fully saturated rings. The first kappa shape index (κ1) is 28.0. The first-order chi connectivity index (χ1) is 21.9. The van der Waals surface area contributed by atoms with Gasteiger partial charge in [0.1, 0.15) is 17.5 Å². The SMILES string of the molecule is COc1ccc([N+](=O)[O-])cc1N1C(=O)[C@@H]2[C@H](C1=O)[C@@H](C(=O)OC(c1ccccc1)c1ccccc1)N1c3ccccc3C=C[C@@H]21. The number of hydrogen-bond acceptors (Lipinski definition) is 8. The van der Waals surface area contributed by atoms with E-state index in [9.17, 15) is 24.5 Å². The number of non-ortho nitro benzene ring substituents is 1. The number of ether oxygens (including phenoxy) is 2. The van der Waals surface area contributed by atoms with E-state index in [1.165, 1.54) is 19.2 Å². The molecule has 10 nitrogen and oxygen atoms in total. The molecule has 0 aliphatic carbocycles. The molecule has 3 aliphatic rings. The van der Waals surface area contributed by atoms with Crippen molar-refractivity contribution >= 4 is 40.9 Å². The van der Waals surface area contributed by atoms with E-state index >= 15 is 0 Å². The van der Waals surface area contributed by atoms with Crippen molar-refractivity contribution in [1.29, 1.82) is 0 Å². The van der Waals surface area contributed by atoms with Crippen molar-refractivity contribution in [1.82, 2.24) is 0 Å². The van der Waals surface area contributed by atoms with Crippen molar-refractivity contribution < 1.29 is 28.8 Å². The molecule has 0 radical (unpaired) electrons. The molecule has 0 spiro atoms. The molecule has 45 heavy (non-hydrogen) atoms. The van der Waals surface area contributed by atoms with Crippen molar-refractivity contribution in [2.24, 2.45) is 11.8 Å². The van der Waals surface area contributed by atoms with Crippen LogP contribution >= 0.6 is 0 Å². The monoisotopic (exact) mass is 601 g/mol. The Morgan fingerprint density at radius 3 is 2.09 bits per heavy atom. The zero-order valence-corrected chi connectivity index (χ0v) is 24.1. The number of carbonyl (C=O) groups excluding carboxylic acids is 3. The average molecular weight is 602 g/mol. The number of nitrogens with zero attached hydrogens (tertiary/aromatic N) is 3. The quantitative estimate of drug-likeness (QED) is 0.121. The predicted molar refractivity (Wildman–Crippen MR) is 165 cm³/mol. The summed E-state index contributed by atoms with van der Waals surface area (Å²) in [6, 6.07) is 28.0. The van der Waals surface area contributed by atoms with Crippen LogP contribution in [0.5, 0.6) is 5.75 Å². The lowest BCUT2D eigenvalue weighted by atomic mass is 9.88. The largest absolute Gasteiger partial charge is 0.495 e. The molecule has 224 valence electrons. The van der Waals surface area contributed by atoms with Gasteiger partial charge in [-0.1, -0.05) is 91.0 Å². The molecule has 2 amide bonds. The Balaban J connectivity index is 1.33. The van der Waals surface area contributed by atoms with Gasteiger partial charge < -0.3 is 14.4 Å². The fourth-order valence-corrected chi connectivity index (χ4v) is 6.76. The summed E-state index contributed by atoms with van der Waals surface area (Å²) in [5.41, 5.74) is 2.70. The highest BCUT2D eigenvalue weighted by atomic mass is 16.6. The average Bonchev–Trinajstić information content (AvgIpc) is 3.56. The lowest BCUT2D eigenvalue weighted by Crippen LogP contribution is -2.49. The molecule has 2 saturated heterocycles. The first-order valence-electron chi connectivity index (χ1n) is 14.4. The number of imide groups is 1. The Labute approximate surface area is 258 Å². The van der Waals surface area contributed by atoms with Crippen LogP contribution in [0, 0.1) is 22.0 Å². The summed E-state index contributed by atoms with van der Waals surface area (Å²) in [7, 11) is 1.35. The predicted octanol–water partition coefficient (Wildman–Crippen LogP) is 5.33. The Bertz CT molecular complexity index is 1820. The van der Waals surface area contributed by atoms with Gasteiger partial charge in [-0.3, -0.25) is 19.7 Å². The van der Waals surface area contributed by atoms with E-state index < -0.39 is 52.7 Å². The molecule has 7 rings (SSSR count). The second kappa shape index (κ2) is 11.1. The van der Waals surface area contributed by atoms with E-state index in [1.807, 2.05) is 102 Å². The van der Waals surface area contributed by atoms with Gasteiger partial charge in [-0.25, -0.2) is 9.69 Å². The third kappa shape index (κ3) is 4.53. The number of methoxy groups -OCH3 is 1. The lowest BCUT2D eigenvalue weighted by Gasteiger charge is -2.36. The number of fused-ring (bicyclic) bond motifs is 5. The van der Waals surface area contributed by atoms with Crippen LogP contribution < -0.4 is 14.5 Å². The number of nitro benzene ring substituents is 1. The maximum atomic E-state index is 14.5. The molecule has 3 aliphatic heterocycles. The Morgan fingerprint density at radius 2 is 1.44 bits per heavy atom. The van der Waals surface area contributed by atoms with E-state index in [-0.39, 0.29) is 17.1 Å². The van der Waals surface area contributed by atoms with Gasteiger partial charge in [-0.15, -0.1) is 0 Å². The van der Waals surface area contributed by atoms with Crippen molar-refractivity contribution in [2.45, 2.75) is 18.2 Å². The number of para-hydroxylation sites is 1. The summed E-state index contributed by atoms with van der Waals surface area (Å²) in [5.74, 6) is -3.83. The third-order valence-corrected chi connectivity index (χ3v) is 8.71. The fraction of sp³-hybridized carbons (Fsp3) is 0.171. The minimum absolute atomic E-state index is 0.0404. The number of benzene rings is 4. The number of esters is 1. The van der Waals surface area contributed by atoms with Crippen molar-refractivity contribution in [3.8, 4) is 5.75 Å². The zero-order chi connectivity index (χ0) is 31.2. The van der Waals surface area contributed by atoms with Crippen molar-refractivity contribution in [2.75, 3.05) is 16.9 Å². The summed E-state index contributed by atoms with van der Waals surface area (Å²) < 4.78 is 11.7. The van der Waals surface area contributed by atoms with Crippen LogP contribution in [-0.2, 0) is 19.1 Å². The summed E-state index contributed by atoms with van der Waals surface area (Å²) in [6.45, 7) is 0. The highest BCUT2D eigenvalue weighted by molar-refractivity contribution is 6.25. The van der Waals surface area contributed by atoms with Gasteiger partial charge in [0, 0.05) is 17.8 Å². The zero-order valence-electron chi connectivity index (χ0n) is 24.1. The standard InChI is InChI=1S/C35H27N3O7/c1-44-28-19-17-24(38(42)43)20-27(28)37-33(39)29-26-18-16-21-10-8-9-15-25(21)36(26)31(30(29)34(37)40)35(41)45-32(22-11-4-2-5-12-22)23-13-6-3-7-14-23/h2-20,26,29-32H,1H3/t26-,29-,30-,31-/m0/s1. The summed E-state index contributed by atoms with van der Waals surface area (Å²) in [4.78, 5) is 56.8. The topological polar surface area (TPSA) is 119 Å². The second-order valence-electron chi connectivity index (χ2n) is 11.1. The maximum Gasteiger partial charge on any atom is 0.330 e. The third-order valence-electron chi connectivity index (χ3n) is 8.71. The highest BCUT2D eigenvalue weighted by Gasteiger charge is 2.65. The smallest absolute Gasteiger partial charge is 0.330 e. The summed E-state index contributed by atoms with van der Waals surface area (Å²) >= 11 is 0. The number of carbonyl (C=O) groups is 3. The minimum atomic E-state index is -1.16. The summed E-state index contributed by atoms with van der Waals surface area (Å²) in [5, 5.41) is 11.6. The van der Waals surface area contributed by atoms with E-state index in [1.54, 1.807) is 0 Å². The molecule has 0 unspecified atom stereocenters. The molecule has 10 heteroatoms. The van der Waals surface area contributed by atoms with E-state index in [2.05, 4.69) is 0 Å². The van der Waals surface area contributed by atoms with Gasteiger partial charge in [0.05, 0.1) is 29.9 Å². The van der Waals surface area contributed by atoms with Crippen LogP contribution in [0.25, 0.3) is 6.08 Å². The number of hydrogen-bond donors (Lipinski definition) is 0. The van der Waals surface area contributed by atoms with E-state index in [0.717, 1.165) is 27.7 Å². The van der Waals surface area contributed by atoms with Crippen LogP contribution in [0.3, 0.4) is 0 Å². The Hall–Kier alpha value is -5.77. The van der Waals surface area contributed by atoms with Gasteiger partial charge in [0.2, 0.25) is 11.8 Å². The van der Waals surface area contributed by atoms with E-state index in [0.29, 0.717) is 5.69 Å². The van der Waals surface area contributed by atoms with Crippen LogP contribution in [0.1, 0.15) is 22.8 Å². The van der Waals surface area contributed by atoms with Gasteiger partial charge in [0.25, 0.3) is 5.69 Å². The van der Waals surface area contributed by atoms with Crippen LogP contribution in [0.15, 0.2) is 109 Å². The normalized spacial score (nSPS) is 21.4. The van der Waals surface area contributed by atoms with Crippen molar-refractivity contribution in [3.05, 3.63) is 136 Å². The second-order valence-corrected chi connectivity index (χ2v) is 11.1. The van der Waals surface area contributed by atoms with E-state index in [4.69, 9.17) is 9.47 Å². The van der Waals surface area contributed by atoms with Gasteiger partial charge in [0.15, 0.2) is 6.10 Å². The number of rotatable bonds is 7. The molecule has 4 aromatic rings. The van der Waals surface area contributed by atoms with Crippen LogP contribution in [-0.4, -0.2) is 41.9 Å². The highest BCUT2D eigenvalue weighted by Crippen LogP contribution is 2.51. The number of nitro groups is 1. The van der Waals surface area contributed by atoms with Crippen molar-refractivity contribution in [3.63, 3.8) is 0 Å². The summed E-state index contributed by atoms with van der Waals surface area (Å²) in [6.07, 6.45) is 2.94. The molecular weight excluding hydrogens is 574 g/mol. The van der Waals surface area contributed by atoms with Gasteiger partial charge in [-0.05, 0) is 28.8 Å². The molecule has 0 bridgehead atoms. The first-order valence-corrected chi connectivity index (χ1v) is 14.4. The number of anilines is 2. The molecule has 0 saturated carbocycles. The Kier molecular flexibility index (Phi) is 6.89. The van der Waals surface area contributed by atoms with Gasteiger partial charge in [-0.2, -0.15) is 0 Å². The minimum Gasteiger partial charge on any atom is -0.495 e. The van der Waals surface area contributed by atoms with Crippen LogP contribution in [0.2, 0.25) is 0 Å². The number of amides is 2. The molecule has 4 atom stereocenters. The molecule has 0 N–H and O–H groups in total. The van der Waals surface area contributed by atoms with Crippen LogP contribution in [0.4, 0.5) is 17.1 Å². The Morgan fingerprint density at radius 1 is 0.822 bits per heavy atom. The maximum absolute atomic E-state index is 14.5. The fourth-order valence-electron chi connectivity index (χ4n) is 6.76. The van der Waals surface area contributed by atoms with Gasteiger partial charge >= 0.3 is 5.97 Å². The molecule has 4 aromatic carbocycles.